The molecular formula is C15H15N3O4S. The molecule has 4 rings (SSSR count). The lowest BCUT2D eigenvalue weighted by molar-refractivity contribution is -0.128. The summed E-state index contributed by atoms with van der Waals surface area (Å²) in [6, 6.07) is 5.22. The maximum atomic E-state index is 12.3. The van der Waals surface area contributed by atoms with Gasteiger partial charge in [0.2, 0.25) is 18.6 Å². The molecule has 1 unspecified atom stereocenters. The number of rotatable bonds is 3. The molecule has 2 amide bonds. The number of carbonyl (C=O) groups excluding carboxylic acids is 2. The molecular weight excluding hydrogens is 318 g/mol. The van der Waals surface area contributed by atoms with E-state index in [2.05, 4.69) is 10.3 Å². The van der Waals surface area contributed by atoms with E-state index < -0.39 is 0 Å². The Hall–Kier alpha value is -2.22. The normalized spacial score (nSPS) is 21.9. The Kier molecular flexibility index (Phi) is 3.60. The van der Waals surface area contributed by atoms with E-state index >= 15 is 0 Å². The topological polar surface area (TPSA) is 80.2 Å². The summed E-state index contributed by atoms with van der Waals surface area (Å²) in [7, 11) is 0. The van der Waals surface area contributed by atoms with E-state index in [1.807, 2.05) is 0 Å². The zero-order valence-electron chi connectivity index (χ0n) is 12.3. The van der Waals surface area contributed by atoms with E-state index in [4.69, 9.17) is 9.47 Å². The number of ether oxygens (including phenoxy) is 2. The molecule has 0 aromatic heterocycles. The van der Waals surface area contributed by atoms with Crippen molar-refractivity contribution in [3.8, 4) is 11.5 Å². The number of amides is 2. The molecule has 120 valence electrons. The molecule has 1 saturated heterocycles. The molecule has 8 heteroatoms. The highest BCUT2D eigenvalue weighted by Crippen LogP contribution is 2.35. The van der Waals surface area contributed by atoms with Gasteiger partial charge in [-0.25, -0.2) is 0 Å². The number of benzene rings is 1. The average molecular weight is 333 g/mol. The van der Waals surface area contributed by atoms with Gasteiger partial charge in [-0.15, -0.1) is 0 Å². The summed E-state index contributed by atoms with van der Waals surface area (Å²) in [6.07, 6.45) is 1.01. The summed E-state index contributed by atoms with van der Waals surface area (Å²) < 4.78 is 10.5. The highest BCUT2D eigenvalue weighted by Gasteiger charge is 2.39. The molecule has 0 spiro atoms. The number of thioether (sulfide) groups is 1. The number of hydrogen-bond donors (Lipinski definition) is 1. The lowest BCUT2D eigenvalue weighted by Gasteiger charge is -2.19. The van der Waals surface area contributed by atoms with Crippen molar-refractivity contribution in [2.24, 2.45) is 4.99 Å². The molecule has 1 fully saturated rings. The van der Waals surface area contributed by atoms with Gasteiger partial charge in [-0.05, 0) is 18.6 Å². The predicted molar refractivity (Wildman–Crippen MR) is 85.8 cm³/mol. The zero-order chi connectivity index (χ0) is 15.8. The number of nitrogens with one attached hydrogen (secondary N) is 1. The largest absolute Gasteiger partial charge is 0.454 e. The van der Waals surface area contributed by atoms with Crippen LogP contribution < -0.4 is 14.8 Å². The number of carbonyl (C=O) groups is 2. The standard InChI is InChI=1S/C15H15N3O4S/c19-13(17-9-2-3-10-11(6-9)22-8-21-10)7-12-14(20)18-5-1-4-16-15(18)23-12/h2-3,6,12H,1,4-5,7-8H2,(H,17,19). The fraction of sp³-hybridized carbons (Fsp3) is 0.400. The Balaban J connectivity index is 1.40. The van der Waals surface area contributed by atoms with Crippen LogP contribution in [0.1, 0.15) is 12.8 Å². The van der Waals surface area contributed by atoms with E-state index in [0.717, 1.165) is 18.1 Å². The molecule has 0 bridgehead atoms. The second kappa shape index (κ2) is 5.77. The van der Waals surface area contributed by atoms with Gasteiger partial charge in [-0.3, -0.25) is 19.5 Å². The van der Waals surface area contributed by atoms with Crippen LogP contribution in [0.3, 0.4) is 0 Å². The van der Waals surface area contributed by atoms with E-state index in [0.29, 0.717) is 23.7 Å². The molecule has 0 radical (unpaired) electrons. The first-order valence-electron chi connectivity index (χ1n) is 7.43. The van der Waals surface area contributed by atoms with Crippen LogP contribution in [0.15, 0.2) is 23.2 Å². The van der Waals surface area contributed by atoms with Crippen molar-refractivity contribution in [1.29, 1.82) is 0 Å². The van der Waals surface area contributed by atoms with Gasteiger partial charge in [0.25, 0.3) is 0 Å². The fourth-order valence-corrected chi connectivity index (χ4v) is 3.92. The first kappa shape index (κ1) is 14.4. The van der Waals surface area contributed by atoms with Gasteiger partial charge < -0.3 is 14.8 Å². The van der Waals surface area contributed by atoms with Crippen LogP contribution in [0.5, 0.6) is 11.5 Å². The molecule has 1 atom stereocenters. The number of fused-ring (bicyclic) bond motifs is 2. The zero-order valence-corrected chi connectivity index (χ0v) is 13.1. The van der Waals surface area contributed by atoms with Crippen LogP contribution in [0.4, 0.5) is 5.69 Å². The summed E-state index contributed by atoms with van der Waals surface area (Å²) in [6.45, 7) is 1.64. The minimum atomic E-state index is -0.388. The minimum absolute atomic E-state index is 0.0192. The number of aliphatic imine (C=N–C) groups is 1. The van der Waals surface area contributed by atoms with Gasteiger partial charge in [0.1, 0.15) is 5.25 Å². The van der Waals surface area contributed by atoms with Crippen molar-refractivity contribution in [2.45, 2.75) is 18.1 Å². The van der Waals surface area contributed by atoms with Crippen LogP contribution >= 0.6 is 11.8 Å². The number of anilines is 1. The van der Waals surface area contributed by atoms with Crippen LogP contribution in [0.25, 0.3) is 0 Å². The van der Waals surface area contributed by atoms with Gasteiger partial charge in [0.05, 0.1) is 0 Å². The summed E-state index contributed by atoms with van der Waals surface area (Å²) in [5.41, 5.74) is 0.629. The third kappa shape index (κ3) is 2.74. The van der Waals surface area contributed by atoms with Gasteiger partial charge >= 0.3 is 0 Å². The lowest BCUT2D eigenvalue weighted by atomic mass is 10.2. The van der Waals surface area contributed by atoms with Crippen molar-refractivity contribution in [3.63, 3.8) is 0 Å². The van der Waals surface area contributed by atoms with Crippen molar-refractivity contribution in [2.75, 3.05) is 25.2 Å². The minimum Gasteiger partial charge on any atom is -0.454 e. The van der Waals surface area contributed by atoms with Gasteiger partial charge in [-0.1, -0.05) is 11.8 Å². The molecule has 0 aliphatic carbocycles. The SMILES string of the molecule is O=C(CC1SC2=NCCCN2C1=O)Nc1ccc2c(c1)OCO2. The Morgan fingerprint density at radius 3 is 3.13 bits per heavy atom. The van der Waals surface area contributed by atoms with Crippen LogP contribution in [0, 0.1) is 0 Å². The highest BCUT2D eigenvalue weighted by molar-refractivity contribution is 8.15. The van der Waals surface area contributed by atoms with Crippen molar-refractivity contribution < 1.29 is 19.1 Å². The van der Waals surface area contributed by atoms with Crippen LogP contribution in [-0.2, 0) is 9.59 Å². The molecule has 1 N–H and O–H groups in total. The smallest absolute Gasteiger partial charge is 0.242 e. The molecule has 0 saturated carbocycles. The fourth-order valence-electron chi connectivity index (χ4n) is 2.73. The van der Waals surface area contributed by atoms with E-state index in [9.17, 15) is 9.59 Å². The second-order valence-electron chi connectivity index (χ2n) is 5.43. The summed E-state index contributed by atoms with van der Waals surface area (Å²) >= 11 is 1.38. The van der Waals surface area contributed by atoms with Gasteiger partial charge in [-0.2, -0.15) is 0 Å². The van der Waals surface area contributed by atoms with Crippen molar-refractivity contribution >= 4 is 34.4 Å². The van der Waals surface area contributed by atoms with Gasteiger partial charge in [0.15, 0.2) is 16.7 Å². The summed E-state index contributed by atoms with van der Waals surface area (Å²) in [5, 5.41) is 3.17. The number of amidine groups is 1. The Bertz CT molecular complexity index is 706. The summed E-state index contributed by atoms with van der Waals surface area (Å²) in [5.74, 6) is 1.06. The molecule has 7 nitrogen and oxygen atoms in total. The van der Waals surface area contributed by atoms with E-state index in [-0.39, 0.29) is 30.3 Å². The van der Waals surface area contributed by atoms with Crippen molar-refractivity contribution in [1.82, 2.24) is 4.90 Å². The summed E-state index contributed by atoms with van der Waals surface area (Å²) in [4.78, 5) is 30.5. The average Bonchev–Trinajstić information content (AvgIpc) is 3.12. The number of hydrogen-bond acceptors (Lipinski definition) is 6. The van der Waals surface area contributed by atoms with E-state index in [1.165, 1.54) is 11.8 Å². The third-order valence-corrected chi connectivity index (χ3v) is 5.05. The quantitative estimate of drug-likeness (QED) is 0.905. The van der Waals surface area contributed by atoms with Crippen LogP contribution in [0.2, 0.25) is 0 Å². The molecule has 3 heterocycles. The first-order valence-corrected chi connectivity index (χ1v) is 8.31. The molecule has 1 aromatic carbocycles. The Morgan fingerprint density at radius 2 is 2.26 bits per heavy atom. The van der Waals surface area contributed by atoms with Gasteiger partial charge in [0, 0.05) is 31.3 Å². The maximum Gasteiger partial charge on any atom is 0.242 e. The lowest BCUT2D eigenvalue weighted by Crippen LogP contribution is -2.36. The third-order valence-electron chi connectivity index (χ3n) is 3.83. The molecule has 3 aliphatic heterocycles. The predicted octanol–water partition coefficient (Wildman–Crippen LogP) is 1.45. The first-order chi connectivity index (χ1) is 11.2. The molecule has 1 aromatic rings. The van der Waals surface area contributed by atoms with Crippen molar-refractivity contribution in [3.05, 3.63) is 18.2 Å². The van der Waals surface area contributed by atoms with E-state index in [1.54, 1.807) is 23.1 Å². The number of nitrogens with zero attached hydrogens (tertiary/aromatic N) is 2. The Morgan fingerprint density at radius 1 is 1.39 bits per heavy atom. The maximum absolute atomic E-state index is 12.3. The molecule has 23 heavy (non-hydrogen) atoms. The second-order valence-corrected chi connectivity index (χ2v) is 6.60. The monoisotopic (exact) mass is 333 g/mol. The molecule has 3 aliphatic rings. The highest BCUT2D eigenvalue weighted by atomic mass is 32.2. The Labute approximate surface area is 137 Å². The van der Waals surface area contributed by atoms with Crippen LogP contribution in [-0.4, -0.2) is 47.0 Å².